The van der Waals surface area contributed by atoms with Crippen molar-refractivity contribution in [2.75, 3.05) is 66.4 Å². The average Bonchev–Trinajstić information content (AvgIpc) is 3.20. The van der Waals surface area contributed by atoms with E-state index in [1.54, 1.807) is 7.11 Å². The first-order valence-electron chi connectivity index (χ1n) is 21.6. The predicted molar refractivity (Wildman–Crippen MR) is 217 cm³/mol. The van der Waals surface area contributed by atoms with Crippen LogP contribution in [0.25, 0.3) is 0 Å². The van der Waals surface area contributed by atoms with Crippen molar-refractivity contribution in [2.45, 2.75) is 135 Å². The van der Waals surface area contributed by atoms with Crippen LogP contribution >= 0.6 is 0 Å². The normalized spacial score (nSPS) is 20.9. The molecule has 4 unspecified atom stereocenters. The van der Waals surface area contributed by atoms with E-state index in [-0.39, 0.29) is 60.7 Å². The molecule has 2 heterocycles. The first-order chi connectivity index (χ1) is 27.0. The first kappa shape index (κ1) is 46.0. The van der Waals surface area contributed by atoms with Crippen molar-refractivity contribution in [1.29, 1.82) is 0 Å². The molecule has 0 aromatic heterocycles. The van der Waals surface area contributed by atoms with E-state index in [1.165, 1.54) is 6.42 Å². The first-order valence-corrected chi connectivity index (χ1v) is 21.6. The molecule has 4 N–H and O–H groups in total. The second-order valence-corrected chi connectivity index (χ2v) is 16.8. The number of aliphatic hydroxyl groups is 1. The van der Waals surface area contributed by atoms with Gasteiger partial charge in [0.05, 0.1) is 56.6 Å². The van der Waals surface area contributed by atoms with Crippen LogP contribution in [0.2, 0.25) is 0 Å². The van der Waals surface area contributed by atoms with Crippen LogP contribution in [0.3, 0.4) is 0 Å². The van der Waals surface area contributed by atoms with Crippen LogP contribution in [-0.4, -0.2) is 129 Å². The number of morpholine rings is 1. The number of nitrogens with zero attached hydrogens (tertiary/aromatic N) is 2. The van der Waals surface area contributed by atoms with E-state index >= 15 is 0 Å². The Morgan fingerprint density at radius 2 is 1.70 bits per heavy atom. The van der Waals surface area contributed by atoms with Gasteiger partial charge in [0.1, 0.15) is 19.9 Å². The summed E-state index contributed by atoms with van der Waals surface area (Å²) < 4.78 is 15.8. The molecule has 318 valence electrons. The number of likely N-dealkylation sites (tertiary alicyclic amines) is 1. The lowest BCUT2D eigenvalue weighted by atomic mass is 9.81. The number of hydroxylamine groups is 3. The number of nitrogens with one attached hydrogen (secondary N) is 3. The van der Waals surface area contributed by atoms with Gasteiger partial charge in [0.15, 0.2) is 0 Å². The van der Waals surface area contributed by atoms with E-state index < -0.39 is 30.1 Å². The average molecular weight is 788 g/mol. The Labute approximate surface area is 336 Å². The molecule has 3 fully saturated rings. The molecular weight excluding hydrogens is 714 g/mol. The molecule has 56 heavy (non-hydrogen) atoms. The number of piperidine rings is 1. The number of amides is 3. The zero-order valence-corrected chi connectivity index (χ0v) is 34.8. The summed E-state index contributed by atoms with van der Waals surface area (Å²) in [4.78, 5) is 44.1. The molecule has 5 atom stereocenters. The SMILES string of the molecule is CCCCC(NC(Cc1ccccc1)C(=O)N1CCC(OCOC)CC1)C(=O)NC(CC1CCCCC1)[C@@H](O)CC(C(=O)NCC[N+]1([O-])CCOCC1)C(C)C. The number of hydrogen-bond acceptors (Lipinski definition) is 9. The summed E-state index contributed by atoms with van der Waals surface area (Å²) in [6.45, 7) is 9.54. The Balaban J connectivity index is 1.48. The van der Waals surface area contributed by atoms with Gasteiger partial charge in [-0.2, -0.15) is 0 Å². The van der Waals surface area contributed by atoms with Crippen LogP contribution in [0.1, 0.15) is 103 Å². The second kappa shape index (κ2) is 24.3. The molecule has 2 saturated heterocycles. The summed E-state index contributed by atoms with van der Waals surface area (Å²) in [6.07, 6.45) is 9.56. The third kappa shape index (κ3) is 15.3. The third-order valence-corrected chi connectivity index (χ3v) is 12.2. The summed E-state index contributed by atoms with van der Waals surface area (Å²) in [7, 11) is 1.60. The minimum Gasteiger partial charge on any atom is -0.633 e. The molecule has 1 aromatic carbocycles. The molecule has 0 bridgehead atoms. The van der Waals surface area contributed by atoms with Gasteiger partial charge >= 0.3 is 0 Å². The molecule has 2 aliphatic heterocycles. The highest BCUT2D eigenvalue weighted by Crippen LogP contribution is 2.30. The maximum Gasteiger partial charge on any atom is 0.240 e. The largest absolute Gasteiger partial charge is 0.633 e. The van der Waals surface area contributed by atoms with Crippen molar-refractivity contribution in [3.8, 4) is 0 Å². The number of carbonyl (C=O) groups excluding carboxylic acids is 3. The fourth-order valence-electron chi connectivity index (χ4n) is 8.53. The van der Waals surface area contributed by atoms with Crippen molar-refractivity contribution in [3.05, 3.63) is 41.1 Å². The van der Waals surface area contributed by atoms with E-state index in [1.807, 2.05) is 49.1 Å². The molecule has 3 aliphatic rings. The van der Waals surface area contributed by atoms with Crippen LogP contribution in [0.5, 0.6) is 0 Å². The summed E-state index contributed by atoms with van der Waals surface area (Å²) in [5.74, 6) is -0.624. The van der Waals surface area contributed by atoms with Crippen LogP contribution < -0.4 is 16.0 Å². The Kier molecular flexibility index (Phi) is 20.0. The quantitative estimate of drug-likeness (QED) is 0.0721. The summed E-state index contributed by atoms with van der Waals surface area (Å²) in [6, 6.07) is 8.07. The van der Waals surface area contributed by atoms with Crippen LogP contribution in [0.4, 0.5) is 0 Å². The lowest BCUT2D eigenvalue weighted by Crippen LogP contribution is -2.58. The standard InChI is InChI=1S/C43H73N5O8/c1-5-6-17-37(45-39(29-34-15-11-8-12-16-34)43(52)47-21-18-35(19-22-47)56-31-54-4)42(51)46-38(28-33-13-9-7-10-14-33)40(49)30-36(32(2)3)41(50)44-20-23-48(53)24-26-55-27-25-48/h8,11-12,15-16,32-33,35-40,45,49H,5-7,9-10,13-14,17-31H2,1-4H3,(H,44,50)(H,46,51)/t36?,37?,38?,39?,40-/m0/s1. The lowest BCUT2D eigenvalue weighted by molar-refractivity contribution is -0.887. The highest BCUT2D eigenvalue weighted by molar-refractivity contribution is 5.86. The fourth-order valence-corrected chi connectivity index (χ4v) is 8.53. The number of ether oxygens (including phenoxy) is 3. The van der Waals surface area contributed by atoms with Gasteiger partial charge in [-0.1, -0.05) is 96.0 Å². The number of quaternary nitrogens is 1. The van der Waals surface area contributed by atoms with Crippen LogP contribution in [0, 0.1) is 23.0 Å². The lowest BCUT2D eigenvalue weighted by Gasteiger charge is -2.45. The van der Waals surface area contributed by atoms with E-state index in [4.69, 9.17) is 14.2 Å². The van der Waals surface area contributed by atoms with E-state index in [0.29, 0.717) is 64.6 Å². The molecule has 0 spiro atoms. The van der Waals surface area contributed by atoms with Crippen LogP contribution in [0.15, 0.2) is 30.3 Å². The van der Waals surface area contributed by atoms with Crippen molar-refractivity contribution < 1.29 is 38.3 Å². The van der Waals surface area contributed by atoms with Crippen molar-refractivity contribution in [2.24, 2.45) is 17.8 Å². The fraction of sp³-hybridized carbons (Fsp3) is 0.791. The Bertz CT molecular complexity index is 1280. The Morgan fingerprint density at radius 3 is 2.34 bits per heavy atom. The van der Waals surface area contributed by atoms with E-state index in [9.17, 15) is 24.7 Å². The molecule has 13 nitrogen and oxygen atoms in total. The molecule has 13 heteroatoms. The van der Waals surface area contributed by atoms with E-state index in [0.717, 1.165) is 56.9 Å². The topological polar surface area (TPSA) is 162 Å². The smallest absolute Gasteiger partial charge is 0.240 e. The van der Waals surface area contributed by atoms with Crippen molar-refractivity contribution >= 4 is 17.7 Å². The predicted octanol–water partition coefficient (Wildman–Crippen LogP) is 4.30. The van der Waals surface area contributed by atoms with Gasteiger partial charge in [-0.25, -0.2) is 0 Å². The van der Waals surface area contributed by atoms with Gasteiger partial charge in [-0.3, -0.25) is 19.7 Å². The molecule has 1 aromatic rings. The molecule has 4 rings (SSSR count). The van der Waals surface area contributed by atoms with E-state index in [2.05, 4.69) is 22.9 Å². The molecule has 0 radical (unpaired) electrons. The maximum atomic E-state index is 14.5. The van der Waals surface area contributed by atoms with Gasteiger partial charge in [-0.05, 0) is 55.9 Å². The zero-order valence-electron chi connectivity index (χ0n) is 34.8. The van der Waals surface area contributed by atoms with Crippen molar-refractivity contribution in [1.82, 2.24) is 20.9 Å². The van der Waals surface area contributed by atoms with Gasteiger partial charge < -0.3 is 44.7 Å². The molecule has 1 aliphatic carbocycles. The number of aliphatic hydroxyl groups excluding tert-OH is 1. The summed E-state index contributed by atoms with van der Waals surface area (Å²) in [5, 5.41) is 34.7. The monoisotopic (exact) mass is 788 g/mol. The number of unbranched alkanes of at least 4 members (excludes halogenated alkanes) is 1. The summed E-state index contributed by atoms with van der Waals surface area (Å²) >= 11 is 0. The van der Waals surface area contributed by atoms with Crippen LogP contribution in [-0.2, 0) is 35.0 Å². The molecule has 1 saturated carbocycles. The number of carbonyl (C=O) groups is 3. The molecule has 3 amide bonds. The second-order valence-electron chi connectivity index (χ2n) is 16.8. The highest BCUT2D eigenvalue weighted by atomic mass is 16.7. The highest BCUT2D eigenvalue weighted by Gasteiger charge is 2.36. The summed E-state index contributed by atoms with van der Waals surface area (Å²) in [5.41, 5.74) is 1.01. The molecular formula is C43H73N5O8. The van der Waals surface area contributed by atoms with Gasteiger partial charge in [-0.15, -0.1) is 0 Å². The maximum absolute atomic E-state index is 14.5. The number of hydrogen-bond donors (Lipinski definition) is 4. The number of rotatable bonds is 23. The Hall–Kier alpha value is -2.65. The third-order valence-electron chi connectivity index (χ3n) is 12.2. The number of benzene rings is 1. The zero-order chi connectivity index (χ0) is 40.3. The van der Waals surface area contributed by atoms with Gasteiger partial charge in [0, 0.05) is 26.1 Å². The van der Waals surface area contributed by atoms with Crippen molar-refractivity contribution in [3.63, 3.8) is 0 Å². The number of methoxy groups -OCH3 is 1. The minimum atomic E-state index is -0.952. The van der Waals surface area contributed by atoms with Gasteiger partial charge in [0.2, 0.25) is 17.7 Å². The Morgan fingerprint density at radius 1 is 1.00 bits per heavy atom. The van der Waals surface area contributed by atoms with Gasteiger partial charge in [0.25, 0.3) is 0 Å². The minimum absolute atomic E-state index is 0.0311.